The Kier molecular flexibility index (Phi) is 7.71. The van der Waals surface area contributed by atoms with Crippen LogP contribution in [-0.4, -0.2) is 16.3 Å². The third-order valence-corrected chi connectivity index (χ3v) is 17.0. The summed E-state index contributed by atoms with van der Waals surface area (Å²) in [7, 11) is 0. The molecule has 0 amide bonds. The Morgan fingerprint density at radius 1 is 0.629 bits per heavy atom. The van der Waals surface area contributed by atoms with Crippen molar-refractivity contribution in [2.24, 2.45) is 0 Å². The van der Waals surface area contributed by atoms with E-state index < -0.39 is 0 Å². The average Bonchev–Trinajstić information content (AvgIpc) is 3.96. The smallest absolute Gasteiger partial charge is 0.0619 e. The molecule has 0 spiro atoms. The van der Waals surface area contributed by atoms with Crippen molar-refractivity contribution in [1.82, 2.24) is 9.55 Å². The molecule has 0 saturated heterocycles. The molecule has 9 aromatic rings. The summed E-state index contributed by atoms with van der Waals surface area (Å²) in [6.07, 6.45) is 7.36. The van der Waals surface area contributed by atoms with Gasteiger partial charge in [0.2, 0.25) is 0 Å². The Morgan fingerprint density at radius 3 is 2.11 bits per heavy atom. The van der Waals surface area contributed by atoms with Crippen LogP contribution in [0.5, 0.6) is 0 Å². The normalized spacial score (nSPS) is 14.9. The molecule has 0 unspecified atom stereocenters. The number of hydrogen-bond acceptors (Lipinski definition) is 2. The van der Waals surface area contributed by atoms with E-state index in [-0.39, 0.29) is 33.3 Å². The number of anilines is 6. The van der Waals surface area contributed by atoms with Gasteiger partial charge in [0.1, 0.15) is 0 Å². The van der Waals surface area contributed by atoms with Crippen LogP contribution >= 0.6 is 0 Å². The quantitative estimate of drug-likeness (QED) is 0.141. The topological polar surface area (TPSA) is 27.2 Å². The van der Waals surface area contributed by atoms with Crippen molar-refractivity contribution in [2.45, 2.75) is 52.9 Å². The fraction of sp³-hybridized carbons (Fsp3) is 0.143. The number of rotatable bonds is 4. The maximum atomic E-state index is 3.93. The first-order valence-corrected chi connectivity index (χ1v) is 24.2. The fourth-order valence-corrected chi connectivity index (χ4v) is 14.4. The molecule has 1 N–H and O–H groups in total. The molecule has 4 nitrogen and oxygen atoms in total. The van der Waals surface area contributed by atoms with E-state index in [1.165, 1.54) is 94.3 Å². The van der Waals surface area contributed by atoms with E-state index in [0.717, 1.165) is 35.2 Å². The Labute approximate surface area is 373 Å². The number of aromatic nitrogens is 2. The Hall–Kier alpha value is -6.25. The minimum absolute atomic E-state index is 0.0568. The number of nitrogens with zero attached hydrogens (tertiary/aromatic N) is 3. The van der Waals surface area contributed by atoms with E-state index in [9.17, 15) is 0 Å². The third kappa shape index (κ3) is 5.01. The van der Waals surface area contributed by atoms with Gasteiger partial charge in [0.25, 0.3) is 0 Å². The van der Waals surface area contributed by atoms with Crippen LogP contribution in [0.4, 0.5) is 34.1 Å². The van der Waals surface area contributed by atoms with Crippen LogP contribution in [0.2, 0.25) is 0 Å². The number of nitrogens with one attached hydrogen (secondary N) is 1. The van der Waals surface area contributed by atoms with E-state index in [1.807, 2.05) is 0 Å². The minimum Gasteiger partial charge on any atom is -0.0619 e. The molecule has 1 aliphatic carbocycles. The van der Waals surface area contributed by atoms with Gasteiger partial charge in [-0.3, -0.25) is 0 Å². The molecule has 2 aromatic heterocycles. The summed E-state index contributed by atoms with van der Waals surface area (Å²) >= 11 is -0.346. The first-order valence-electron chi connectivity index (χ1n) is 22.0. The predicted octanol–water partition coefficient (Wildman–Crippen LogP) is 9.60. The van der Waals surface area contributed by atoms with Crippen molar-refractivity contribution in [2.75, 3.05) is 9.80 Å². The summed E-state index contributed by atoms with van der Waals surface area (Å²) in [6.45, 7) is 11.6. The van der Waals surface area contributed by atoms with Crippen molar-refractivity contribution in [3.8, 4) is 5.69 Å². The van der Waals surface area contributed by atoms with Crippen LogP contribution in [0.3, 0.4) is 0 Å². The summed E-state index contributed by atoms with van der Waals surface area (Å²) in [5.74, 6) is 0. The number of aromatic amines is 1. The second kappa shape index (κ2) is 13.1. The van der Waals surface area contributed by atoms with Crippen molar-refractivity contribution in [3.05, 3.63) is 181 Å². The summed E-state index contributed by atoms with van der Waals surface area (Å²) in [5.41, 5.74) is 23.1. The van der Waals surface area contributed by atoms with E-state index in [0.29, 0.717) is 0 Å². The van der Waals surface area contributed by atoms with Crippen molar-refractivity contribution in [3.63, 3.8) is 0 Å². The number of halogens is 1. The van der Waals surface area contributed by atoms with E-state index in [1.54, 1.807) is 7.28 Å². The summed E-state index contributed by atoms with van der Waals surface area (Å²) < 4.78 is 5.91. The van der Waals surface area contributed by atoms with Crippen LogP contribution in [-0.2, 0) is 5.41 Å². The number of aryl methyl sites for hydroxylation is 2. The molecule has 4 aliphatic rings. The molecule has 5 heterocycles. The molecule has 0 atom stereocenters. The molecule has 0 saturated carbocycles. The van der Waals surface area contributed by atoms with Crippen LogP contribution in [0.15, 0.2) is 155 Å². The van der Waals surface area contributed by atoms with Gasteiger partial charge in [-0.1, -0.05) is 36.4 Å². The van der Waals surface area contributed by atoms with E-state index >= 15 is 0 Å². The number of allylic oxidation sites excluding steroid dienone is 4. The van der Waals surface area contributed by atoms with Gasteiger partial charge in [0, 0.05) is 0 Å². The molecule has 300 valence electrons. The molecule has 6 heteroatoms. The standard InChI is InChI=1S/C56H45BIN4/c1-33-16-6-12-25-45(33)60(46-26-13-7-17-34(46)2)36-28-29-41-48(32-36)61(47-27-15-20-38-37-18-9-11-24-44(37)59-53(38)47)49-30-35(56(3,4)5)31-50-52(49)57(41)42-22-14-21-40-51-39-19-8-10-23-43(39)58-55(51)62(50)54(40)42/h6-7,9,11-32,59H,8,10H2,1-5H3/q-1. The third-order valence-electron chi connectivity index (χ3n) is 13.9. The zero-order valence-electron chi connectivity index (χ0n) is 35.6. The maximum absolute atomic E-state index is 3.93. The van der Waals surface area contributed by atoms with Gasteiger partial charge in [-0.2, -0.15) is 0 Å². The molecule has 0 radical (unpaired) electrons. The number of hydrogen-bond donors (Lipinski definition) is 1. The Balaban J connectivity index is 1.17. The first kappa shape index (κ1) is 36.4. The van der Waals surface area contributed by atoms with Gasteiger partial charge in [-0.25, -0.2) is 0 Å². The number of para-hydroxylation sites is 5. The molecular weight excluding hydrogens is 866 g/mol. The predicted molar refractivity (Wildman–Crippen MR) is 259 cm³/mol. The van der Waals surface area contributed by atoms with E-state index in [2.05, 4.69) is 206 Å². The van der Waals surface area contributed by atoms with Crippen LogP contribution in [0.25, 0.3) is 44.0 Å². The van der Waals surface area contributed by atoms with Crippen molar-refractivity contribution >= 4 is 95.5 Å². The SMILES string of the molecule is Cc1ccccc1N(c1ccc2c(c1)N(c1cccc3c1[nH]c1ccccc13)c1cc(C(C)(C)C)cc3c1B2c1cccc2c4c(n-3c12)[I-]C1=CCCC=C14)c1ccccc1C. The van der Waals surface area contributed by atoms with E-state index in [4.69, 9.17) is 0 Å². The van der Waals surface area contributed by atoms with Crippen LogP contribution < -0.4 is 47.4 Å². The van der Waals surface area contributed by atoms with Gasteiger partial charge in [0.05, 0.1) is 0 Å². The average molecular weight is 912 g/mol. The molecule has 0 fully saturated rings. The second-order valence-electron chi connectivity index (χ2n) is 18.6. The molecule has 13 rings (SSSR count). The molecular formula is C56H45BIN4-. The van der Waals surface area contributed by atoms with Crippen LogP contribution in [0, 0.1) is 17.5 Å². The molecule has 7 aromatic carbocycles. The Bertz CT molecular complexity index is 3440. The first-order chi connectivity index (χ1) is 30.2. The summed E-state index contributed by atoms with van der Waals surface area (Å²) in [4.78, 5) is 9.04. The van der Waals surface area contributed by atoms with Gasteiger partial charge in [-0.05, 0) is 13.8 Å². The summed E-state index contributed by atoms with van der Waals surface area (Å²) in [6, 6.07) is 52.9. The Morgan fingerprint density at radius 2 is 1.32 bits per heavy atom. The van der Waals surface area contributed by atoms with Crippen molar-refractivity contribution in [1.29, 1.82) is 0 Å². The van der Waals surface area contributed by atoms with Gasteiger partial charge in [0.15, 0.2) is 0 Å². The van der Waals surface area contributed by atoms with Gasteiger partial charge in [-0.15, -0.1) is 0 Å². The van der Waals surface area contributed by atoms with Crippen molar-refractivity contribution < 1.29 is 21.2 Å². The second-order valence-corrected chi connectivity index (χ2v) is 21.3. The zero-order chi connectivity index (χ0) is 41.6. The zero-order valence-corrected chi connectivity index (χ0v) is 37.8. The number of benzene rings is 7. The molecule has 62 heavy (non-hydrogen) atoms. The monoisotopic (exact) mass is 911 g/mol. The minimum atomic E-state index is -0.346. The summed E-state index contributed by atoms with van der Waals surface area (Å²) in [5, 5.41) is 3.90. The molecule has 3 aliphatic heterocycles. The molecule has 0 bridgehead atoms. The number of fused-ring (bicyclic) bond motifs is 12. The van der Waals surface area contributed by atoms with Crippen LogP contribution in [0.1, 0.15) is 55.9 Å². The number of H-pyrrole nitrogens is 1. The van der Waals surface area contributed by atoms with Gasteiger partial charge >= 0.3 is 326 Å². The van der Waals surface area contributed by atoms with Gasteiger partial charge < -0.3 is 0 Å². The fourth-order valence-electron chi connectivity index (χ4n) is 11.0.